The summed E-state index contributed by atoms with van der Waals surface area (Å²) in [6.07, 6.45) is 1.80. The molecule has 0 unspecified atom stereocenters. The van der Waals surface area contributed by atoms with Gasteiger partial charge in [-0.3, -0.25) is 4.98 Å². The largest absolute Gasteiger partial charge is 0.255 e. The average molecular weight is 220 g/mol. The summed E-state index contributed by atoms with van der Waals surface area (Å²) in [7, 11) is 0. The molecule has 2 aromatic heterocycles. The van der Waals surface area contributed by atoms with Crippen molar-refractivity contribution in [2.24, 2.45) is 0 Å². The Labute approximate surface area is 85.8 Å². The monoisotopic (exact) mass is 219 g/mol. The van der Waals surface area contributed by atoms with Crippen LogP contribution >= 0.6 is 35.3 Å². The lowest BCUT2D eigenvalue weighted by molar-refractivity contribution is 1.42. The highest BCUT2D eigenvalue weighted by Crippen LogP contribution is 2.24. The van der Waals surface area contributed by atoms with Crippen LogP contribution in [-0.2, 0) is 5.88 Å². The van der Waals surface area contributed by atoms with Crippen molar-refractivity contribution >= 4 is 45.6 Å². The Bertz CT molecular complexity index is 339. The third kappa shape index (κ3) is 1.71. The summed E-state index contributed by atoms with van der Waals surface area (Å²) in [5, 5.41) is 0. The second kappa shape index (κ2) is 4.08. The predicted molar refractivity (Wildman–Crippen MR) is 56.4 cm³/mol. The molecule has 0 aromatic carbocycles. The minimum atomic E-state index is 0. The Morgan fingerprint density at radius 3 is 3.00 bits per heavy atom. The van der Waals surface area contributed by atoms with Crippen LogP contribution in [0.3, 0.4) is 0 Å². The SMILES string of the molecule is Cl.ClCc1cc2ncccc2s1. The number of nitrogens with zero attached hydrogens (tertiary/aromatic N) is 1. The van der Waals surface area contributed by atoms with Gasteiger partial charge in [0, 0.05) is 11.1 Å². The molecule has 0 N–H and O–H groups in total. The topological polar surface area (TPSA) is 12.9 Å². The van der Waals surface area contributed by atoms with E-state index in [1.165, 1.54) is 9.58 Å². The molecule has 0 radical (unpaired) electrons. The molecule has 0 saturated carbocycles. The number of alkyl halides is 1. The Morgan fingerprint density at radius 1 is 1.50 bits per heavy atom. The first-order chi connectivity index (χ1) is 5.40. The molecule has 0 spiro atoms. The Kier molecular flexibility index (Phi) is 3.32. The van der Waals surface area contributed by atoms with Gasteiger partial charge in [0.2, 0.25) is 0 Å². The number of hydrogen-bond acceptors (Lipinski definition) is 2. The lowest BCUT2D eigenvalue weighted by atomic mass is 10.4. The van der Waals surface area contributed by atoms with Gasteiger partial charge in [-0.25, -0.2) is 0 Å². The normalized spacial score (nSPS) is 9.75. The minimum Gasteiger partial charge on any atom is -0.255 e. The van der Waals surface area contributed by atoms with Gasteiger partial charge in [-0.15, -0.1) is 35.3 Å². The maximum Gasteiger partial charge on any atom is 0.0812 e. The lowest BCUT2D eigenvalue weighted by Crippen LogP contribution is -1.67. The Hall–Kier alpha value is -0.310. The quantitative estimate of drug-likeness (QED) is 0.670. The smallest absolute Gasteiger partial charge is 0.0812 e. The number of aromatic nitrogens is 1. The van der Waals surface area contributed by atoms with Gasteiger partial charge in [-0.2, -0.15) is 0 Å². The van der Waals surface area contributed by atoms with Crippen molar-refractivity contribution in [3.63, 3.8) is 0 Å². The van der Waals surface area contributed by atoms with Crippen LogP contribution in [-0.4, -0.2) is 4.98 Å². The number of hydrogen-bond donors (Lipinski definition) is 0. The fourth-order valence-electron chi connectivity index (χ4n) is 0.987. The summed E-state index contributed by atoms with van der Waals surface area (Å²) in [6, 6.07) is 6.03. The van der Waals surface area contributed by atoms with E-state index < -0.39 is 0 Å². The third-order valence-corrected chi connectivity index (χ3v) is 3.01. The first-order valence-electron chi connectivity index (χ1n) is 3.29. The lowest BCUT2D eigenvalue weighted by Gasteiger charge is -1.81. The molecule has 64 valence electrons. The molecule has 2 aromatic rings. The first-order valence-corrected chi connectivity index (χ1v) is 4.64. The Balaban J connectivity index is 0.000000720. The van der Waals surface area contributed by atoms with E-state index in [1.54, 1.807) is 17.5 Å². The van der Waals surface area contributed by atoms with Crippen LogP contribution in [0.4, 0.5) is 0 Å². The van der Waals surface area contributed by atoms with Crippen molar-refractivity contribution in [3.8, 4) is 0 Å². The number of rotatable bonds is 1. The van der Waals surface area contributed by atoms with Crippen LogP contribution < -0.4 is 0 Å². The number of fused-ring (bicyclic) bond motifs is 1. The van der Waals surface area contributed by atoms with Gasteiger partial charge in [-0.1, -0.05) is 0 Å². The van der Waals surface area contributed by atoms with Gasteiger partial charge in [-0.05, 0) is 18.2 Å². The van der Waals surface area contributed by atoms with E-state index in [-0.39, 0.29) is 12.4 Å². The van der Waals surface area contributed by atoms with Gasteiger partial charge in [0.05, 0.1) is 16.1 Å². The third-order valence-electron chi connectivity index (χ3n) is 1.47. The van der Waals surface area contributed by atoms with Crippen molar-refractivity contribution in [2.75, 3.05) is 0 Å². The van der Waals surface area contributed by atoms with Crippen LogP contribution in [0.2, 0.25) is 0 Å². The molecule has 1 nitrogen and oxygen atoms in total. The molecule has 0 fully saturated rings. The fourth-order valence-corrected chi connectivity index (χ4v) is 2.10. The van der Waals surface area contributed by atoms with Crippen LogP contribution in [0.15, 0.2) is 24.4 Å². The molecule has 12 heavy (non-hydrogen) atoms. The fraction of sp³-hybridized carbons (Fsp3) is 0.125. The zero-order valence-electron chi connectivity index (χ0n) is 6.16. The molecule has 0 bridgehead atoms. The van der Waals surface area contributed by atoms with E-state index in [2.05, 4.69) is 11.1 Å². The Morgan fingerprint density at radius 2 is 2.33 bits per heavy atom. The highest BCUT2D eigenvalue weighted by atomic mass is 35.5. The molecule has 0 aliphatic carbocycles. The van der Waals surface area contributed by atoms with Gasteiger partial charge >= 0.3 is 0 Å². The van der Waals surface area contributed by atoms with E-state index in [4.69, 9.17) is 11.6 Å². The van der Waals surface area contributed by atoms with Crippen molar-refractivity contribution in [1.82, 2.24) is 4.98 Å². The molecule has 2 rings (SSSR count). The highest BCUT2D eigenvalue weighted by Gasteiger charge is 1.99. The number of thiophene rings is 1. The maximum atomic E-state index is 5.68. The van der Waals surface area contributed by atoms with E-state index in [9.17, 15) is 0 Å². The highest BCUT2D eigenvalue weighted by molar-refractivity contribution is 7.19. The summed E-state index contributed by atoms with van der Waals surface area (Å²) < 4.78 is 1.21. The molecule has 0 aliphatic heterocycles. The predicted octanol–water partition coefficient (Wildman–Crippen LogP) is 3.46. The van der Waals surface area contributed by atoms with Gasteiger partial charge < -0.3 is 0 Å². The first kappa shape index (κ1) is 9.78. The molecule has 2 heterocycles. The summed E-state index contributed by atoms with van der Waals surface area (Å²) >= 11 is 7.38. The average Bonchev–Trinajstić information content (AvgIpc) is 2.46. The second-order valence-corrected chi connectivity index (χ2v) is 3.67. The summed E-state index contributed by atoms with van der Waals surface area (Å²) in [6.45, 7) is 0. The van der Waals surface area contributed by atoms with Gasteiger partial charge in [0.25, 0.3) is 0 Å². The maximum absolute atomic E-state index is 5.68. The van der Waals surface area contributed by atoms with Crippen molar-refractivity contribution in [1.29, 1.82) is 0 Å². The zero-order valence-corrected chi connectivity index (χ0v) is 8.55. The summed E-state index contributed by atoms with van der Waals surface area (Å²) in [5.74, 6) is 0.584. The van der Waals surface area contributed by atoms with E-state index in [0.717, 1.165) is 5.52 Å². The molecule has 4 heteroatoms. The van der Waals surface area contributed by atoms with E-state index in [0.29, 0.717) is 5.88 Å². The van der Waals surface area contributed by atoms with Crippen molar-refractivity contribution in [3.05, 3.63) is 29.3 Å². The van der Waals surface area contributed by atoms with Crippen molar-refractivity contribution < 1.29 is 0 Å². The van der Waals surface area contributed by atoms with Gasteiger partial charge in [0.15, 0.2) is 0 Å². The number of pyridine rings is 1. The standard InChI is InChI=1S/C8H6ClNS.ClH/c9-5-6-4-7-8(11-6)2-1-3-10-7;/h1-4H,5H2;1H. The van der Waals surface area contributed by atoms with E-state index in [1.807, 2.05) is 12.1 Å². The molecule has 0 aliphatic rings. The number of halogens is 2. The minimum absolute atomic E-state index is 0. The zero-order chi connectivity index (χ0) is 7.68. The molecular weight excluding hydrogens is 213 g/mol. The van der Waals surface area contributed by atoms with E-state index >= 15 is 0 Å². The van der Waals surface area contributed by atoms with Crippen LogP contribution in [0.5, 0.6) is 0 Å². The molecular formula is C8H7Cl2NS. The van der Waals surface area contributed by atoms with Gasteiger partial charge in [0.1, 0.15) is 0 Å². The molecule has 0 amide bonds. The summed E-state index contributed by atoms with van der Waals surface area (Å²) in [5.41, 5.74) is 1.05. The molecule has 0 atom stereocenters. The van der Waals surface area contributed by atoms with Crippen LogP contribution in [0.25, 0.3) is 10.2 Å². The second-order valence-electron chi connectivity index (χ2n) is 2.23. The summed E-state index contributed by atoms with van der Waals surface area (Å²) in [4.78, 5) is 5.38. The van der Waals surface area contributed by atoms with Crippen molar-refractivity contribution in [2.45, 2.75) is 5.88 Å². The van der Waals surface area contributed by atoms with Crippen LogP contribution in [0.1, 0.15) is 4.88 Å². The molecule has 0 saturated heterocycles. The van der Waals surface area contributed by atoms with Crippen LogP contribution in [0, 0.1) is 0 Å².